The third-order valence-electron chi connectivity index (χ3n) is 2.54. The molecule has 2 aromatic rings. The molecule has 108 valence electrons. The molecular weight excluding hydrogens is 339 g/mol. The molecule has 1 heterocycles. The average Bonchev–Trinajstić information content (AvgIpc) is 2.42. The van der Waals surface area contributed by atoms with Crippen LogP contribution in [0.15, 0.2) is 30.6 Å². The molecule has 0 radical (unpaired) electrons. The van der Waals surface area contributed by atoms with E-state index in [1.54, 1.807) is 0 Å². The van der Waals surface area contributed by atoms with Gasteiger partial charge in [-0.05, 0) is 18.2 Å². The number of carbonyl (C=O) groups is 2. The second-order valence-corrected chi connectivity index (χ2v) is 5.15. The highest BCUT2D eigenvalue weighted by molar-refractivity contribution is 6.41. The normalized spacial score (nSPS) is 10.2. The van der Waals surface area contributed by atoms with Gasteiger partial charge in [0, 0.05) is 12.4 Å². The molecule has 2 N–H and O–H groups in total. The number of halogens is 3. The fraction of sp³-hybridized carbons (Fsp3) is 0. The number of hydrogen-bond acceptors (Lipinski definition) is 3. The van der Waals surface area contributed by atoms with Crippen LogP contribution in [0.2, 0.25) is 15.1 Å². The Kier molecular flexibility index (Phi) is 4.67. The molecule has 1 aromatic carbocycles. The molecule has 0 aliphatic heterocycles. The first-order chi connectivity index (χ1) is 9.90. The second kappa shape index (κ2) is 6.30. The lowest BCUT2D eigenvalue weighted by atomic mass is 10.2. The van der Waals surface area contributed by atoms with Crippen molar-refractivity contribution in [2.24, 2.45) is 0 Å². The molecule has 0 bridgehead atoms. The Labute approximate surface area is 134 Å². The maximum absolute atomic E-state index is 12.1. The summed E-state index contributed by atoms with van der Waals surface area (Å²) >= 11 is 17.7. The van der Waals surface area contributed by atoms with E-state index in [0.29, 0.717) is 0 Å². The van der Waals surface area contributed by atoms with Gasteiger partial charge in [-0.3, -0.25) is 9.78 Å². The molecule has 5 nitrogen and oxygen atoms in total. The van der Waals surface area contributed by atoms with E-state index in [1.165, 1.54) is 30.6 Å². The second-order valence-electron chi connectivity index (χ2n) is 3.93. The van der Waals surface area contributed by atoms with Crippen molar-refractivity contribution in [2.75, 3.05) is 5.32 Å². The van der Waals surface area contributed by atoms with E-state index in [0.717, 1.165) is 0 Å². The summed E-state index contributed by atoms with van der Waals surface area (Å²) in [7, 11) is 0. The number of aromatic carboxylic acids is 1. The predicted octanol–water partition coefficient (Wildman–Crippen LogP) is 3.99. The van der Waals surface area contributed by atoms with Gasteiger partial charge in [-0.1, -0.05) is 34.8 Å². The summed E-state index contributed by atoms with van der Waals surface area (Å²) in [6.07, 6.45) is 2.74. The van der Waals surface area contributed by atoms with Gasteiger partial charge in [-0.15, -0.1) is 0 Å². The fourth-order valence-corrected chi connectivity index (χ4v) is 2.34. The molecule has 8 heteroatoms. The first kappa shape index (κ1) is 15.6. The molecule has 0 saturated carbocycles. The molecule has 1 amide bonds. The zero-order chi connectivity index (χ0) is 15.6. The maximum Gasteiger partial charge on any atom is 0.335 e. The van der Waals surface area contributed by atoms with Gasteiger partial charge in [0.25, 0.3) is 5.91 Å². The van der Waals surface area contributed by atoms with Crippen LogP contribution in [0.1, 0.15) is 20.7 Å². The number of pyridine rings is 1. The number of hydrogen-bond donors (Lipinski definition) is 2. The molecular formula is C13H7Cl3N2O3. The Hall–Kier alpha value is -1.82. The summed E-state index contributed by atoms with van der Waals surface area (Å²) in [6, 6.07) is 3.82. The lowest BCUT2D eigenvalue weighted by Gasteiger charge is -2.11. The zero-order valence-corrected chi connectivity index (χ0v) is 12.5. The quantitative estimate of drug-likeness (QED) is 0.881. The van der Waals surface area contributed by atoms with Crippen molar-refractivity contribution >= 4 is 52.4 Å². The van der Waals surface area contributed by atoms with E-state index in [4.69, 9.17) is 39.9 Å². The van der Waals surface area contributed by atoms with E-state index in [1.807, 2.05) is 0 Å². The van der Waals surface area contributed by atoms with Crippen molar-refractivity contribution in [1.82, 2.24) is 4.98 Å². The molecule has 21 heavy (non-hydrogen) atoms. The summed E-state index contributed by atoms with van der Waals surface area (Å²) in [6.45, 7) is 0. The monoisotopic (exact) mass is 344 g/mol. The van der Waals surface area contributed by atoms with Crippen LogP contribution in [0.25, 0.3) is 0 Å². The van der Waals surface area contributed by atoms with Crippen LogP contribution in [0.5, 0.6) is 0 Å². The van der Waals surface area contributed by atoms with Gasteiger partial charge in [0.05, 0.1) is 31.9 Å². The van der Waals surface area contributed by atoms with Crippen LogP contribution >= 0.6 is 34.8 Å². The minimum absolute atomic E-state index is 0.0124. The number of anilines is 1. The number of carboxylic acids is 1. The molecule has 0 saturated heterocycles. The topological polar surface area (TPSA) is 79.3 Å². The number of amides is 1. The van der Waals surface area contributed by atoms with Crippen molar-refractivity contribution in [3.05, 3.63) is 56.8 Å². The Morgan fingerprint density at radius 2 is 1.71 bits per heavy atom. The van der Waals surface area contributed by atoms with Crippen molar-refractivity contribution < 1.29 is 14.7 Å². The highest BCUT2D eigenvalue weighted by atomic mass is 35.5. The number of carboxylic acid groups (broad SMARTS) is 1. The van der Waals surface area contributed by atoms with Gasteiger partial charge in [-0.25, -0.2) is 4.79 Å². The predicted molar refractivity (Wildman–Crippen MR) is 80.6 cm³/mol. The fourth-order valence-electron chi connectivity index (χ4n) is 1.56. The summed E-state index contributed by atoms with van der Waals surface area (Å²) in [5.74, 6) is -1.71. The SMILES string of the molecule is O=C(O)c1cc(Cl)c(NC(=O)c2ccncc2Cl)c(Cl)c1. The summed E-state index contributed by atoms with van der Waals surface area (Å²) < 4.78 is 0. The molecule has 0 fully saturated rings. The minimum atomic E-state index is -1.17. The van der Waals surface area contributed by atoms with Crippen LogP contribution in [-0.4, -0.2) is 22.0 Å². The van der Waals surface area contributed by atoms with Crippen molar-refractivity contribution in [3.63, 3.8) is 0 Å². The minimum Gasteiger partial charge on any atom is -0.478 e. The van der Waals surface area contributed by atoms with Crippen molar-refractivity contribution in [2.45, 2.75) is 0 Å². The number of benzene rings is 1. The van der Waals surface area contributed by atoms with E-state index in [2.05, 4.69) is 10.3 Å². The third-order valence-corrected chi connectivity index (χ3v) is 3.44. The summed E-state index contributed by atoms with van der Waals surface area (Å²) in [5.41, 5.74) is 0.229. The van der Waals surface area contributed by atoms with Crippen LogP contribution in [-0.2, 0) is 0 Å². The third kappa shape index (κ3) is 3.44. The molecule has 0 spiro atoms. The van der Waals surface area contributed by atoms with Crippen LogP contribution < -0.4 is 5.32 Å². The zero-order valence-electron chi connectivity index (χ0n) is 10.2. The Morgan fingerprint density at radius 1 is 1.10 bits per heavy atom. The van der Waals surface area contributed by atoms with Gasteiger partial charge in [0.15, 0.2) is 0 Å². The molecule has 2 rings (SSSR count). The Bertz CT molecular complexity index is 711. The number of aromatic nitrogens is 1. The van der Waals surface area contributed by atoms with E-state index in [9.17, 15) is 9.59 Å². The van der Waals surface area contributed by atoms with Gasteiger partial charge in [0.1, 0.15) is 0 Å². The van der Waals surface area contributed by atoms with Crippen molar-refractivity contribution in [3.8, 4) is 0 Å². The first-order valence-electron chi connectivity index (χ1n) is 5.53. The summed E-state index contributed by atoms with van der Waals surface area (Å²) in [5, 5.41) is 11.6. The maximum atomic E-state index is 12.1. The van der Waals surface area contributed by atoms with Crippen LogP contribution in [0.3, 0.4) is 0 Å². The number of nitrogens with zero attached hydrogens (tertiary/aromatic N) is 1. The molecule has 0 aliphatic rings. The number of carbonyl (C=O) groups excluding carboxylic acids is 1. The standard InChI is InChI=1S/C13H7Cl3N2O3/c14-8-3-6(13(20)21)4-9(15)11(8)18-12(19)7-1-2-17-5-10(7)16/h1-5H,(H,18,19)(H,20,21). The lowest BCUT2D eigenvalue weighted by Crippen LogP contribution is -2.13. The largest absolute Gasteiger partial charge is 0.478 e. The summed E-state index contributed by atoms with van der Waals surface area (Å²) in [4.78, 5) is 26.7. The number of nitrogens with one attached hydrogen (secondary N) is 1. The van der Waals surface area contributed by atoms with E-state index >= 15 is 0 Å². The molecule has 1 aromatic heterocycles. The Morgan fingerprint density at radius 3 is 2.24 bits per heavy atom. The van der Waals surface area contributed by atoms with Crippen molar-refractivity contribution in [1.29, 1.82) is 0 Å². The van der Waals surface area contributed by atoms with E-state index in [-0.39, 0.29) is 31.9 Å². The van der Waals surface area contributed by atoms with E-state index < -0.39 is 11.9 Å². The Balaban J connectivity index is 2.34. The molecule has 0 unspecified atom stereocenters. The first-order valence-corrected chi connectivity index (χ1v) is 6.66. The molecule has 0 atom stereocenters. The van der Waals surface area contributed by atoms with Gasteiger partial charge < -0.3 is 10.4 Å². The molecule has 0 aliphatic carbocycles. The average molecular weight is 346 g/mol. The van der Waals surface area contributed by atoms with Crippen LogP contribution in [0.4, 0.5) is 5.69 Å². The lowest BCUT2D eigenvalue weighted by molar-refractivity contribution is 0.0696. The van der Waals surface area contributed by atoms with Crippen LogP contribution in [0, 0.1) is 0 Å². The van der Waals surface area contributed by atoms with Gasteiger partial charge in [0.2, 0.25) is 0 Å². The highest BCUT2D eigenvalue weighted by Crippen LogP contribution is 2.32. The highest BCUT2D eigenvalue weighted by Gasteiger charge is 2.16. The van der Waals surface area contributed by atoms with Gasteiger partial charge >= 0.3 is 5.97 Å². The number of rotatable bonds is 3. The van der Waals surface area contributed by atoms with Gasteiger partial charge in [-0.2, -0.15) is 0 Å². The smallest absolute Gasteiger partial charge is 0.335 e.